The van der Waals surface area contributed by atoms with Gasteiger partial charge in [-0.15, -0.1) is 10.2 Å². The number of ether oxygens (including phenoxy) is 1. The van der Waals surface area contributed by atoms with Crippen molar-refractivity contribution in [3.63, 3.8) is 0 Å². The second-order valence-electron chi connectivity index (χ2n) is 3.07. The van der Waals surface area contributed by atoms with Gasteiger partial charge >= 0.3 is 0 Å². The van der Waals surface area contributed by atoms with Gasteiger partial charge in [0.2, 0.25) is 5.88 Å². The van der Waals surface area contributed by atoms with Gasteiger partial charge in [0.15, 0.2) is 0 Å². The monoisotopic (exact) mass is 252 g/mol. The standard InChI is InChI=1S/C10H9BrN2O/c1-6-3-8(11)7-5-10(14-2)13-12-9(7)4-6/h3-5H,1-2H3. The van der Waals surface area contributed by atoms with E-state index in [9.17, 15) is 0 Å². The molecule has 0 amide bonds. The van der Waals surface area contributed by atoms with E-state index in [1.165, 1.54) is 0 Å². The molecule has 0 radical (unpaired) electrons. The zero-order valence-electron chi connectivity index (χ0n) is 7.91. The molecular weight excluding hydrogens is 244 g/mol. The van der Waals surface area contributed by atoms with Gasteiger partial charge in [0.25, 0.3) is 0 Å². The Kier molecular flexibility index (Phi) is 2.37. The van der Waals surface area contributed by atoms with Crippen molar-refractivity contribution < 1.29 is 4.74 Å². The van der Waals surface area contributed by atoms with Gasteiger partial charge in [0, 0.05) is 15.9 Å². The van der Waals surface area contributed by atoms with Gasteiger partial charge in [-0.05, 0) is 24.6 Å². The maximum absolute atomic E-state index is 5.01. The fourth-order valence-corrected chi connectivity index (χ4v) is 1.99. The molecule has 0 atom stereocenters. The Morgan fingerprint density at radius 2 is 2.00 bits per heavy atom. The predicted octanol–water partition coefficient (Wildman–Crippen LogP) is 2.71. The van der Waals surface area contributed by atoms with E-state index in [-0.39, 0.29) is 0 Å². The molecule has 0 aliphatic carbocycles. The van der Waals surface area contributed by atoms with Crippen molar-refractivity contribution in [1.29, 1.82) is 0 Å². The number of aromatic nitrogens is 2. The molecule has 0 bridgehead atoms. The molecule has 2 aromatic rings. The fraction of sp³-hybridized carbons (Fsp3) is 0.200. The second kappa shape index (κ2) is 3.53. The van der Waals surface area contributed by atoms with Crippen LogP contribution in [-0.2, 0) is 0 Å². The highest BCUT2D eigenvalue weighted by Gasteiger charge is 2.03. The van der Waals surface area contributed by atoms with Crippen molar-refractivity contribution in [3.8, 4) is 5.88 Å². The molecule has 0 saturated carbocycles. The molecule has 72 valence electrons. The van der Waals surface area contributed by atoms with E-state index in [4.69, 9.17) is 4.74 Å². The molecule has 0 saturated heterocycles. The first-order chi connectivity index (χ1) is 6.70. The van der Waals surface area contributed by atoms with Crippen LogP contribution in [0.5, 0.6) is 5.88 Å². The van der Waals surface area contributed by atoms with Gasteiger partial charge in [0.05, 0.1) is 12.6 Å². The lowest BCUT2D eigenvalue weighted by Crippen LogP contribution is -1.91. The maximum Gasteiger partial charge on any atom is 0.233 e. The first-order valence-corrected chi connectivity index (χ1v) is 4.97. The van der Waals surface area contributed by atoms with Crippen LogP contribution in [0.2, 0.25) is 0 Å². The summed E-state index contributed by atoms with van der Waals surface area (Å²) >= 11 is 3.49. The number of nitrogens with zero attached hydrogens (tertiary/aromatic N) is 2. The molecule has 1 aromatic carbocycles. The zero-order valence-corrected chi connectivity index (χ0v) is 9.50. The average Bonchev–Trinajstić information content (AvgIpc) is 2.17. The minimum absolute atomic E-state index is 0.530. The molecule has 0 fully saturated rings. The fourth-order valence-electron chi connectivity index (χ4n) is 1.32. The summed E-state index contributed by atoms with van der Waals surface area (Å²) in [6.45, 7) is 2.02. The Hall–Kier alpha value is -1.16. The highest BCUT2D eigenvalue weighted by atomic mass is 79.9. The zero-order chi connectivity index (χ0) is 10.1. The first kappa shape index (κ1) is 9.40. The van der Waals surface area contributed by atoms with Crippen LogP contribution in [-0.4, -0.2) is 17.3 Å². The lowest BCUT2D eigenvalue weighted by Gasteiger charge is -2.03. The SMILES string of the molecule is COc1cc2c(Br)cc(C)cc2nn1. The van der Waals surface area contributed by atoms with E-state index in [1.54, 1.807) is 7.11 Å². The Labute approximate surface area is 90.2 Å². The molecule has 0 aliphatic heterocycles. The molecule has 1 heterocycles. The minimum Gasteiger partial charge on any atom is -0.480 e. The van der Waals surface area contributed by atoms with Gasteiger partial charge in [-0.3, -0.25) is 0 Å². The number of hydrogen-bond acceptors (Lipinski definition) is 3. The van der Waals surface area contributed by atoms with Gasteiger partial charge in [-0.25, -0.2) is 0 Å². The van der Waals surface area contributed by atoms with E-state index in [0.29, 0.717) is 5.88 Å². The molecule has 0 unspecified atom stereocenters. The Morgan fingerprint density at radius 3 is 2.71 bits per heavy atom. The smallest absolute Gasteiger partial charge is 0.233 e. The predicted molar refractivity (Wildman–Crippen MR) is 58.5 cm³/mol. The van der Waals surface area contributed by atoms with Crippen molar-refractivity contribution in [2.45, 2.75) is 6.92 Å². The summed E-state index contributed by atoms with van der Waals surface area (Å²) in [5.41, 5.74) is 2.03. The number of methoxy groups -OCH3 is 1. The quantitative estimate of drug-likeness (QED) is 0.783. The summed E-state index contributed by atoms with van der Waals surface area (Å²) in [7, 11) is 1.58. The number of fused-ring (bicyclic) bond motifs is 1. The third-order valence-corrected chi connectivity index (χ3v) is 2.64. The summed E-state index contributed by atoms with van der Waals surface area (Å²) < 4.78 is 6.03. The Morgan fingerprint density at radius 1 is 1.21 bits per heavy atom. The molecule has 4 heteroatoms. The maximum atomic E-state index is 5.01. The van der Waals surface area contributed by atoms with Crippen LogP contribution in [0.1, 0.15) is 5.56 Å². The van der Waals surface area contributed by atoms with Gasteiger partial charge in [0.1, 0.15) is 0 Å². The highest BCUT2D eigenvalue weighted by Crippen LogP contribution is 2.25. The largest absolute Gasteiger partial charge is 0.480 e. The first-order valence-electron chi connectivity index (χ1n) is 4.18. The summed E-state index contributed by atoms with van der Waals surface area (Å²) in [5.74, 6) is 0.530. The number of rotatable bonds is 1. The third-order valence-electron chi connectivity index (χ3n) is 1.99. The molecule has 14 heavy (non-hydrogen) atoms. The van der Waals surface area contributed by atoms with Crippen LogP contribution >= 0.6 is 15.9 Å². The minimum atomic E-state index is 0.530. The van der Waals surface area contributed by atoms with Crippen molar-refractivity contribution in [2.75, 3.05) is 7.11 Å². The van der Waals surface area contributed by atoms with Crippen LogP contribution in [0, 0.1) is 6.92 Å². The summed E-state index contributed by atoms with van der Waals surface area (Å²) in [4.78, 5) is 0. The van der Waals surface area contributed by atoms with E-state index < -0.39 is 0 Å². The Balaban J connectivity index is 2.75. The molecule has 2 rings (SSSR count). The summed E-state index contributed by atoms with van der Waals surface area (Å²) in [6, 6.07) is 5.90. The normalized spacial score (nSPS) is 10.5. The van der Waals surface area contributed by atoms with Crippen LogP contribution in [0.3, 0.4) is 0 Å². The molecule has 0 spiro atoms. The van der Waals surface area contributed by atoms with Crippen LogP contribution < -0.4 is 4.74 Å². The van der Waals surface area contributed by atoms with E-state index in [1.807, 2.05) is 25.1 Å². The highest BCUT2D eigenvalue weighted by molar-refractivity contribution is 9.10. The second-order valence-corrected chi connectivity index (χ2v) is 3.92. The number of hydrogen-bond donors (Lipinski definition) is 0. The van der Waals surface area contributed by atoms with Crippen LogP contribution in [0.25, 0.3) is 10.9 Å². The van der Waals surface area contributed by atoms with Gasteiger partial charge in [-0.2, -0.15) is 0 Å². The van der Waals surface area contributed by atoms with E-state index in [0.717, 1.165) is 20.9 Å². The van der Waals surface area contributed by atoms with Crippen molar-refractivity contribution >= 4 is 26.8 Å². The van der Waals surface area contributed by atoms with Crippen molar-refractivity contribution in [2.24, 2.45) is 0 Å². The van der Waals surface area contributed by atoms with Crippen LogP contribution in [0.4, 0.5) is 0 Å². The van der Waals surface area contributed by atoms with Crippen molar-refractivity contribution in [1.82, 2.24) is 10.2 Å². The van der Waals surface area contributed by atoms with Gasteiger partial charge in [-0.1, -0.05) is 15.9 Å². The molecular formula is C10H9BrN2O. The topological polar surface area (TPSA) is 35.0 Å². The van der Waals surface area contributed by atoms with Crippen molar-refractivity contribution in [3.05, 3.63) is 28.2 Å². The average molecular weight is 253 g/mol. The molecule has 3 nitrogen and oxygen atoms in total. The summed E-state index contributed by atoms with van der Waals surface area (Å²) in [6.07, 6.45) is 0. The molecule has 0 N–H and O–H groups in total. The van der Waals surface area contributed by atoms with Crippen LogP contribution in [0.15, 0.2) is 22.7 Å². The Bertz CT molecular complexity index is 485. The number of halogens is 1. The molecule has 1 aromatic heterocycles. The number of aryl methyl sites for hydroxylation is 1. The summed E-state index contributed by atoms with van der Waals surface area (Å²) in [5, 5.41) is 9.00. The molecule has 0 aliphatic rings. The lowest BCUT2D eigenvalue weighted by molar-refractivity contribution is 0.393. The number of benzene rings is 1. The lowest BCUT2D eigenvalue weighted by atomic mass is 10.2. The van der Waals surface area contributed by atoms with E-state index >= 15 is 0 Å². The van der Waals surface area contributed by atoms with Gasteiger partial charge < -0.3 is 4.74 Å². The third kappa shape index (κ3) is 1.57. The van der Waals surface area contributed by atoms with E-state index in [2.05, 4.69) is 26.1 Å².